The van der Waals surface area contributed by atoms with E-state index in [0.717, 1.165) is 30.8 Å². The third kappa shape index (κ3) is 6.45. The molecule has 178 valence electrons. The van der Waals surface area contributed by atoms with E-state index in [2.05, 4.69) is 14.9 Å². The Bertz CT molecular complexity index is 1040. The Morgan fingerprint density at radius 2 is 2.03 bits per heavy atom. The molecular weight excluding hydrogens is 446 g/mol. The quantitative estimate of drug-likeness (QED) is 0.228. The van der Waals surface area contributed by atoms with Crippen molar-refractivity contribution in [1.82, 2.24) is 14.9 Å². The predicted octanol–water partition coefficient (Wildman–Crippen LogP) is 2.50. The van der Waals surface area contributed by atoms with Crippen LogP contribution in [0.2, 0.25) is 0 Å². The van der Waals surface area contributed by atoms with Crippen LogP contribution in [0.25, 0.3) is 0 Å². The fraction of sp³-hybridized carbons (Fsp3) is 0.476. The van der Waals surface area contributed by atoms with Crippen LogP contribution in [-0.2, 0) is 33.3 Å². The van der Waals surface area contributed by atoms with Crippen molar-refractivity contribution in [3.8, 4) is 0 Å². The predicted molar refractivity (Wildman–Crippen MR) is 126 cm³/mol. The van der Waals surface area contributed by atoms with Crippen LogP contribution in [0.1, 0.15) is 30.9 Å². The van der Waals surface area contributed by atoms with Crippen LogP contribution in [0.4, 0.5) is 17.3 Å². The number of nitrogens with two attached hydrogens (primary N) is 1. The molecule has 1 aromatic carbocycles. The highest BCUT2D eigenvalue weighted by Crippen LogP contribution is 2.32. The minimum atomic E-state index is -1.13. The van der Waals surface area contributed by atoms with Crippen molar-refractivity contribution >= 4 is 34.0 Å². The van der Waals surface area contributed by atoms with Gasteiger partial charge in [0, 0.05) is 13.1 Å². The molecule has 1 saturated heterocycles. The van der Waals surface area contributed by atoms with Gasteiger partial charge in [-0.3, -0.25) is 24.6 Å². The van der Waals surface area contributed by atoms with Gasteiger partial charge in [0.1, 0.15) is 6.54 Å². The SMILES string of the molecule is CCOC(=O)CN(Cc1cccc(CN2CCCC2)c1)c1nc(S(C)=N)nc(N)c1[N+](=O)[O-]. The number of nitro groups is 1. The highest BCUT2D eigenvalue weighted by molar-refractivity contribution is 7.85. The van der Waals surface area contributed by atoms with Crippen LogP contribution < -0.4 is 10.6 Å². The standard InChI is InChI=1S/C21H29N7O4S/c1-3-32-17(29)14-27(20-18(28(30)31)19(22)24-21(25-20)33(2)23)13-16-8-6-7-15(11-16)12-26-9-4-5-10-26/h6-8,11,23H,3-5,9-10,12-14H2,1-2H3,(H2,22,24,25). The van der Waals surface area contributed by atoms with Gasteiger partial charge in [-0.05, 0) is 60.9 Å². The average Bonchev–Trinajstić information content (AvgIpc) is 3.25. The second-order valence-electron chi connectivity index (χ2n) is 7.80. The van der Waals surface area contributed by atoms with Crippen molar-refractivity contribution in [3.05, 3.63) is 45.5 Å². The smallest absolute Gasteiger partial charge is 0.353 e. The number of ether oxygens (including phenoxy) is 1. The van der Waals surface area contributed by atoms with Crippen LogP contribution in [0, 0.1) is 14.9 Å². The van der Waals surface area contributed by atoms with Crippen LogP contribution in [-0.4, -0.2) is 58.3 Å². The van der Waals surface area contributed by atoms with E-state index in [0.29, 0.717) is 0 Å². The van der Waals surface area contributed by atoms with Gasteiger partial charge in [0.15, 0.2) is 0 Å². The molecule has 12 heteroatoms. The van der Waals surface area contributed by atoms with E-state index >= 15 is 0 Å². The molecule has 0 aliphatic carbocycles. The zero-order valence-corrected chi connectivity index (χ0v) is 19.6. The van der Waals surface area contributed by atoms with Crippen molar-refractivity contribution in [3.63, 3.8) is 0 Å². The van der Waals surface area contributed by atoms with Gasteiger partial charge in [-0.25, -0.2) is 0 Å². The number of hydrogen-bond donors (Lipinski definition) is 2. The third-order valence-electron chi connectivity index (χ3n) is 5.22. The highest BCUT2D eigenvalue weighted by atomic mass is 32.2. The zero-order valence-electron chi connectivity index (χ0n) is 18.8. The van der Waals surface area contributed by atoms with Crippen LogP contribution in [0.15, 0.2) is 29.4 Å². The Hall–Kier alpha value is -3.12. The number of nitrogens with zero attached hydrogens (tertiary/aromatic N) is 5. The van der Waals surface area contributed by atoms with E-state index in [4.69, 9.17) is 15.3 Å². The summed E-state index contributed by atoms with van der Waals surface area (Å²) in [5.74, 6) is -0.963. The molecule has 0 amide bonds. The molecule has 1 unspecified atom stereocenters. The summed E-state index contributed by atoms with van der Waals surface area (Å²) >= 11 is 0. The molecule has 1 aliphatic rings. The van der Waals surface area contributed by atoms with E-state index in [9.17, 15) is 14.9 Å². The first-order valence-corrected chi connectivity index (χ1v) is 12.3. The minimum absolute atomic E-state index is 0.0738. The van der Waals surface area contributed by atoms with Crippen LogP contribution in [0.5, 0.6) is 0 Å². The molecule has 0 saturated carbocycles. The maximum Gasteiger partial charge on any atom is 0.353 e. The first kappa shape index (κ1) is 24.5. The molecule has 1 atom stereocenters. The Labute approximate surface area is 195 Å². The number of hydrogen-bond acceptors (Lipinski definition) is 10. The normalized spacial score (nSPS) is 14.7. The summed E-state index contributed by atoms with van der Waals surface area (Å²) in [5, 5.41) is 11.9. The summed E-state index contributed by atoms with van der Waals surface area (Å²) in [7, 11) is -1.13. The Morgan fingerprint density at radius 3 is 2.67 bits per heavy atom. The lowest BCUT2D eigenvalue weighted by Crippen LogP contribution is -2.32. The van der Waals surface area contributed by atoms with E-state index in [1.807, 2.05) is 24.3 Å². The number of anilines is 2. The molecule has 1 aliphatic heterocycles. The van der Waals surface area contributed by atoms with E-state index < -0.39 is 27.3 Å². The number of likely N-dealkylation sites (tertiary alicyclic amines) is 1. The lowest BCUT2D eigenvalue weighted by molar-refractivity contribution is -0.383. The number of aromatic nitrogens is 2. The maximum atomic E-state index is 12.3. The second-order valence-corrected chi connectivity index (χ2v) is 9.18. The fourth-order valence-electron chi connectivity index (χ4n) is 3.79. The first-order chi connectivity index (χ1) is 15.8. The van der Waals surface area contributed by atoms with Crippen molar-refractivity contribution < 1.29 is 14.5 Å². The molecule has 33 heavy (non-hydrogen) atoms. The summed E-state index contributed by atoms with van der Waals surface area (Å²) in [4.78, 5) is 35.5. The van der Waals surface area contributed by atoms with Crippen molar-refractivity contribution in [1.29, 1.82) is 4.78 Å². The summed E-state index contributed by atoms with van der Waals surface area (Å²) in [6.45, 7) is 4.77. The minimum Gasteiger partial charge on any atom is -0.465 e. The Morgan fingerprint density at radius 1 is 1.33 bits per heavy atom. The number of rotatable bonds is 10. The largest absolute Gasteiger partial charge is 0.465 e. The number of esters is 1. The molecular formula is C21H29N7O4S. The molecule has 1 fully saturated rings. The van der Waals surface area contributed by atoms with E-state index in [1.54, 1.807) is 13.2 Å². The number of nitrogen functional groups attached to an aromatic ring is 1. The number of nitrogens with one attached hydrogen (secondary N) is 1. The first-order valence-electron chi connectivity index (χ1n) is 10.7. The molecule has 2 aromatic rings. The van der Waals surface area contributed by atoms with Gasteiger partial charge >= 0.3 is 11.7 Å². The number of carbonyl (C=O) groups is 1. The van der Waals surface area contributed by atoms with Gasteiger partial charge in [-0.1, -0.05) is 24.3 Å². The summed E-state index contributed by atoms with van der Waals surface area (Å²) < 4.78 is 13.0. The summed E-state index contributed by atoms with van der Waals surface area (Å²) in [6.07, 6.45) is 3.97. The number of benzene rings is 1. The monoisotopic (exact) mass is 475 g/mol. The second kappa shape index (κ2) is 11.1. The third-order valence-corrected chi connectivity index (χ3v) is 5.95. The summed E-state index contributed by atoms with van der Waals surface area (Å²) in [5.41, 5.74) is 7.39. The molecule has 0 radical (unpaired) electrons. The Kier molecular flexibility index (Phi) is 8.28. The van der Waals surface area contributed by atoms with E-state index in [1.165, 1.54) is 17.7 Å². The van der Waals surface area contributed by atoms with Crippen LogP contribution in [0.3, 0.4) is 0 Å². The molecule has 0 bridgehead atoms. The molecule has 3 N–H and O–H groups in total. The van der Waals surface area contributed by atoms with E-state index in [-0.39, 0.29) is 36.5 Å². The van der Waals surface area contributed by atoms with Gasteiger partial charge in [0.2, 0.25) is 16.8 Å². The van der Waals surface area contributed by atoms with Gasteiger partial charge < -0.3 is 15.4 Å². The van der Waals surface area contributed by atoms with Gasteiger partial charge in [-0.15, -0.1) is 0 Å². The highest BCUT2D eigenvalue weighted by Gasteiger charge is 2.29. The van der Waals surface area contributed by atoms with Gasteiger partial charge in [0.05, 0.1) is 11.5 Å². The lowest BCUT2D eigenvalue weighted by Gasteiger charge is -2.24. The topological polar surface area (TPSA) is 152 Å². The van der Waals surface area contributed by atoms with Gasteiger partial charge in [-0.2, -0.15) is 9.97 Å². The average molecular weight is 476 g/mol. The molecule has 11 nitrogen and oxygen atoms in total. The molecule has 1 aromatic heterocycles. The number of carbonyl (C=O) groups excluding carboxylic acids is 1. The zero-order chi connectivity index (χ0) is 24.0. The fourth-order valence-corrected chi connectivity index (χ4v) is 4.24. The van der Waals surface area contributed by atoms with Crippen molar-refractivity contribution in [2.75, 3.05) is 43.1 Å². The maximum absolute atomic E-state index is 12.3. The van der Waals surface area contributed by atoms with Gasteiger partial charge in [0.25, 0.3) is 0 Å². The van der Waals surface area contributed by atoms with Crippen molar-refractivity contribution in [2.24, 2.45) is 0 Å². The van der Waals surface area contributed by atoms with Crippen LogP contribution >= 0.6 is 0 Å². The Balaban J connectivity index is 1.98. The molecule has 0 spiro atoms. The molecule has 2 heterocycles. The van der Waals surface area contributed by atoms with Crippen molar-refractivity contribution in [2.45, 2.75) is 38.0 Å². The molecule has 3 rings (SSSR count). The lowest BCUT2D eigenvalue weighted by atomic mass is 10.1. The summed E-state index contributed by atoms with van der Waals surface area (Å²) in [6, 6.07) is 7.91.